The monoisotopic (exact) mass is 686 g/mol. The maximum absolute atomic E-state index is 12.4. The molecule has 6 unspecified atom stereocenters. The summed E-state index contributed by atoms with van der Waals surface area (Å²) in [5, 5.41) is 67.0. The van der Waals surface area contributed by atoms with Crippen molar-refractivity contribution in [2.45, 2.75) is 75.6 Å². The van der Waals surface area contributed by atoms with Crippen LogP contribution in [0.3, 0.4) is 0 Å². The molecule has 1 rings (SSSR count). The van der Waals surface area contributed by atoms with Gasteiger partial charge in [0, 0.05) is 41.4 Å². The van der Waals surface area contributed by atoms with Crippen molar-refractivity contribution >= 4 is 5.91 Å². The van der Waals surface area contributed by atoms with Gasteiger partial charge < -0.3 is 45.6 Å². The summed E-state index contributed by atoms with van der Waals surface area (Å²) in [4.78, 5) is 16.7. The summed E-state index contributed by atoms with van der Waals surface area (Å²) in [6, 6.07) is -1.28. The topological polar surface area (TPSA) is 190 Å². The average Bonchev–Trinajstić information content (AvgIpc) is 3.12. The fourth-order valence-electron chi connectivity index (χ4n) is 3.49. The predicted octanol–water partition coefficient (Wildman–Crippen LogP) is -3.90. The third-order valence-electron chi connectivity index (χ3n) is 5.73. The number of rotatable bonds is 11. The van der Waals surface area contributed by atoms with Crippen molar-refractivity contribution in [3.63, 3.8) is 0 Å². The van der Waals surface area contributed by atoms with E-state index in [2.05, 4.69) is 157 Å². The molecule has 0 aromatic carbocycles. The van der Waals surface area contributed by atoms with Gasteiger partial charge in [0.1, 0.15) is 24.4 Å². The Bertz CT molecular complexity index is 1990. The molecule has 1 fully saturated rings. The van der Waals surface area contributed by atoms with Gasteiger partial charge in [0.15, 0.2) is 12.4 Å². The number of hydrogen-bond donors (Lipinski definition) is 6. The van der Waals surface area contributed by atoms with Crippen molar-refractivity contribution in [2.24, 2.45) is 0 Å². The van der Waals surface area contributed by atoms with Gasteiger partial charge in [0.25, 0.3) is 5.91 Å². The molecule has 1 aliphatic rings. The van der Waals surface area contributed by atoms with Crippen LogP contribution in [0.4, 0.5) is 0 Å². The molecule has 0 radical (unpaired) electrons. The molecule has 0 saturated carbocycles. The molecule has 1 amide bonds. The molecule has 1 saturated heterocycles. The van der Waals surface area contributed by atoms with E-state index in [1.165, 1.54) is 0 Å². The van der Waals surface area contributed by atoms with Crippen LogP contribution in [-0.4, -0.2) is 93.6 Å². The van der Waals surface area contributed by atoms with E-state index in [1.807, 2.05) is 0 Å². The van der Waals surface area contributed by atoms with Gasteiger partial charge in [-0.25, -0.2) is 4.89 Å². The van der Waals surface area contributed by atoms with E-state index >= 15 is 0 Å². The first-order valence-electron chi connectivity index (χ1n) is 14.6. The summed E-state index contributed by atoms with van der Waals surface area (Å²) in [6.07, 6.45) is -10.2. The van der Waals surface area contributed by atoms with Gasteiger partial charge in [-0.15, -0.1) is 0 Å². The van der Waals surface area contributed by atoms with E-state index in [1.54, 1.807) is 13.8 Å². The van der Waals surface area contributed by atoms with Crippen molar-refractivity contribution < 1.29 is 55.0 Å². The summed E-state index contributed by atoms with van der Waals surface area (Å²) >= 11 is 0. The zero-order valence-corrected chi connectivity index (χ0v) is 27.1. The minimum absolute atomic E-state index is 0.176. The largest absolute Gasteiger partial charge is 0.692 e. The van der Waals surface area contributed by atoms with Crippen LogP contribution in [0.15, 0.2) is 0 Å². The Morgan fingerprint density at radius 3 is 1.63 bits per heavy atom. The Morgan fingerprint density at radius 1 is 0.765 bits per heavy atom. The smallest absolute Gasteiger partial charge is 0.297 e. The molecule has 51 heavy (non-hydrogen) atoms. The average molecular weight is 687 g/mol. The second kappa shape index (κ2) is 27.7. The lowest BCUT2D eigenvalue weighted by Gasteiger charge is -2.41. The highest BCUT2D eigenvalue weighted by Crippen LogP contribution is 2.24. The first-order valence-corrected chi connectivity index (χ1v) is 14.6. The quantitative estimate of drug-likeness (QED) is 0.0708. The van der Waals surface area contributed by atoms with Crippen LogP contribution in [0.1, 0.15) is 26.7 Å². The van der Waals surface area contributed by atoms with Crippen molar-refractivity contribution in [1.29, 1.82) is 0 Å². The Balaban J connectivity index is 2.75. The van der Waals surface area contributed by atoms with E-state index in [4.69, 9.17) is 9.47 Å². The Kier molecular flexibility index (Phi) is 23.3. The molecule has 0 spiro atoms. The first kappa shape index (κ1) is 42.8. The Labute approximate surface area is 296 Å². The molecule has 256 valence electrons. The molecule has 12 nitrogen and oxygen atoms in total. The number of hydrogen-bond acceptors (Lipinski definition) is 11. The van der Waals surface area contributed by atoms with E-state index in [-0.39, 0.29) is 6.42 Å². The molecule has 8 atom stereocenters. The number of nitrogens with one attached hydrogen (secondary N) is 1. The number of aliphatic hydroxyl groups is 5. The zero-order valence-electron chi connectivity index (χ0n) is 27.1. The minimum atomic E-state index is -1.78. The van der Waals surface area contributed by atoms with E-state index in [0.717, 1.165) is 0 Å². The van der Waals surface area contributed by atoms with E-state index in [9.17, 15) is 35.6 Å². The lowest BCUT2D eigenvalue weighted by atomic mass is 9.99. The molecular formula is C39H28NO11-. The lowest BCUT2D eigenvalue weighted by Crippen LogP contribution is -2.61. The van der Waals surface area contributed by atoms with E-state index < -0.39 is 68.1 Å². The highest BCUT2D eigenvalue weighted by Gasteiger charge is 2.46. The van der Waals surface area contributed by atoms with Crippen molar-refractivity contribution in [2.75, 3.05) is 13.2 Å². The summed E-state index contributed by atoms with van der Waals surface area (Å²) < 4.78 is 10.7. The van der Waals surface area contributed by atoms with Gasteiger partial charge in [-0.2, -0.15) is 0 Å². The van der Waals surface area contributed by atoms with Gasteiger partial charge in [0.2, 0.25) is 0 Å². The van der Waals surface area contributed by atoms with Gasteiger partial charge in [-0.3, -0.25) is 9.83 Å². The Hall–Kier alpha value is -6.21. The van der Waals surface area contributed by atoms with Crippen LogP contribution >= 0.6 is 0 Å². The fourth-order valence-corrected chi connectivity index (χ4v) is 3.49. The summed E-state index contributed by atoms with van der Waals surface area (Å²) in [7, 11) is 0. The lowest BCUT2D eigenvalue weighted by molar-refractivity contribution is -0.808. The zero-order chi connectivity index (χ0) is 37.5. The van der Waals surface area contributed by atoms with Crippen LogP contribution in [0.25, 0.3) is 0 Å². The highest BCUT2D eigenvalue weighted by atomic mass is 17.5. The molecule has 0 bridgehead atoms. The number of carbonyl (C=O) groups excluding carboxylic acids is 1. The molecule has 6 N–H and O–H groups in total. The highest BCUT2D eigenvalue weighted by molar-refractivity contribution is 5.94. The standard InChI is InChI=1S/C39H29NO11/c1-3-5-6-7-8-9-10-11-12-13-14-15-16-17-18-19-20-21-22-23-24-25-26-28-34(43)40-31(35(44)32(42)27-4-2)30-48-39-37(46)38(50-51-47)36(45)33(29-41)49-39/h31-33,35-39,41-42,44-47H,4,27,29-30H2,1-2H3,(H,40,43)/p-1/t31-,32+,33?,35?,36?,37?,38?,39?/m0/s1. The van der Waals surface area contributed by atoms with Crippen LogP contribution < -0.4 is 10.6 Å². The third-order valence-corrected chi connectivity index (χ3v) is 5.73. The maximum atomic E-state index is 12.4. The molecule has 0 aromatic heterocycles. The van der Waals surface area contributed by atoms with Gasteiger partial charge in [-0.1, -0.05) is 19.3 Å². The molecule has 12 heteroatoms. The molecule has 1 aliphatic heterocycles. The minimum Gasteiger partial charge on any atom is -0.692 e. The summed E-state index contributed by atoms with van der Waals surface area (Å²) in [6.45, 7) is 2.14. The fraction of sp³-hybridized carbons (Fsp3) is 0.359. The van der Waals surface area contributed by atoms with Crippen LogP contribution in [0.5, 0.6) is 0 Å². The van der Waals surface area contributed by atoms with Crippen LogP contribution in [0, 0.1) is 142 Å². The maximum Gasteiger partial charge on any atom is 0.297 e. The molecule has 1 heterocycles. The van der Waals surface area contributed by atoms with Crippen LogP contribution in [-0.2, 0) is 24.2 Å². The van der Waals surface area contributed by atoms with Crippen molar-refractivity contribution in [3.05, 3.63) is 0 Å². The van der Waals surface area contributed by atoms with Crippen LogP contribution in [0.2, 0.25) is 0 Å². The predicted molar refractivity (Wildman–Crippen MR) is 178 cm³/mol. The first-order chi connectivity index (χ1) is 24.8. The van der Waals surface area contributed by atoms with Crippen molar-refractivity contribution in [3.8, 4) is 142 Å². The third kappa shape index (κ3) is 18.8. The van der Waals surface area contributed by atoms with Gasteiger partial charge in [-0.05, 0) is 108 Å². The number of carbonyl (C=O) groups is 1. The molecule has 0 aromatic rings. The van der Waals surface area contributed by atoms with Gasteiger partial charge >= 0.3 is 0 Å². The molecular weight excluding hydrogens is 658 g/mol. The number of ether oxygens (including phenoxy) is 2. The number of aliphatic hydroxyl groups excluding tert-OH is 5. The second-order valence-corrected chi connectivity index (χ2v) is 9.22. The normalized spacial score (nSPS) is 18.8. The second-order valence-electron chi connectivity index (χ2n) is 9.22. The SMILES string of the molecule is CC#CC#CC#CC#CC#CC#CC#CC#CC#CC#CC#CC#CC(=O)N[C@@H](COC1OC(CO)C(O)C(OO[O-])C1O)C(O)[C@H](O)CCC. The van der Waals surface area contributed by atoms with E-state index in [0.29, 0.717) is 6.42 Å². The molecule has 0 aliphatic carbocycles. The Morgan fingerprint density at radius 2 is 1.22 bits per heavy atom. The van der Waals surface area contributed by atoms with Crippen molar-refractivity contribution in [1.82, 2.24) is 5.32 Å². The number of amides is 1. The summed E-state index contributed by atoms with van der Waals surface area (Å²) in [5.74, 6) is 57.7. The van der Waals surface area contributed by atoms with Gasteiger partial charge in [0.05, 0.1) is 25.4 Å². The summed E-state index contributed by atoms with van der Waals surface area (Å²) in [5.41, 5.74) is 0.